The van der Waals surface area contributed by atoms with Crippen LogP contribution in [0.4, 0.5) is 8.78 Å². The molecule has 1 aromatic carbocycles. The number of likely N-dealkylation sites (N-methyl/N-ethyl adjacent to an activating group) is 1. The van der Waals surface area contributed by atoms with E-state index in [1.807, 2.05) is 6.92 Å². The van der Waals surface area contributed by atoms with Crippen molar-refractivity contribution < 1.29 is 13.6 Å². The van der Waals surface area contributed by atoms with E-state index in [9.17, 15) is 13.6 Å². The van der Waals surface area contributed by atoms with Gasteiger partial charge in [0.2, 0.25) is 5.91 Å². The Kier molecular flexibility index (Phi) is 5.05. The van der Waals surface area contributed by atoms with Crippen molar-refractivity contribution in [3.63, 3.8) is 0 Å². The van der Waals surface area contributed by atoms with Gasteiger partial charge in [-0.3, -0.25) is 4.79 Å². The lowest BCUT2D eigenvalue weighted by atomic mass is 10.1. The molecule has 1 atom stereocenters. The summed E-state index contributed by atoms with van der Waals surface area (Å²) >= 11 is 3.29. The first-order valence-corrected chi connectivity index (χ1v) is 6.33. The van der Waals surface area contributed by atoms with Crippen molar-refractivity contribution in [1.29, 1.82) is 0 Å². The van der Waals surface area contributed by atoms with Crippen molar-refractivity contribution >= 4 is 21.8 Å². The molecule has 0 radical (unpaired) electrons. The quantitative estimate of drug-likeness (QED) is 0.783. The highest BCUT2D eigenvalue weighted by atomic mass is 79.9. The Labute approximate surface area is 108 Å². The van der Waals surface area contributed by atoms with Crippen LogP contribution in [0.1, 0.15) is 12.5 Å². The zero-order valence-electron chi connectivity index (χ0n) is 9.71. The van der Waals surface area contributed by atoms with Gasteiger partial charge in [-0.2, -0.15) is 0 Å². The summed E-state index contributed by atoms with van der Waals surface area (Å²) < 4.78 is 25.6. The fourth-order valence-corrected chi connectivity index (χ4v) is 1.73. The van der Waals surface area contributed by atoms with Gasteiger partial charge < -0.3 is 4.90 Å². The summed E-state index contributed by atoms with van der Waals surface area (Å²) in [4.78, 5) is 13.4. The minimum absolute atomic E-state index is 0.0628. The normalized spacial score (nSPS) is 12.3. The summed E-state index contributed by atoms with van der Waals surface area (Å²) in [6.45, 7) is 1.90. The molecule has 0 N–H and O–H groups in total. The molecule has 0 aliphatic heterocycles. The van der Waals surface area contributed by atoms with Gasteiger partial charge in [0.05, 0.1) is 6.42 Å². The molecule has 0 aliphatic rings. The van der Waals surface area contributed by atoms with Crippen molar-refractivity contribution in [3.8, 4) is 0 Å². The predicted octanol–water partition coefficient (Wildman–Crippen LogP) is 2.75. The Hall–Kier alpha value is -0.970. The molecule has 0 spiro atoms. The van der Waals surface area contributed by atoms with Crippen LogP contribution in [-0.4, -0.2) is 29.2 Å². The lowest BCUT2D eigenvalue weighted by molar-refractivity contribution is -0.130. The third kappa shape index (κ3) is 3.77. The fourth-order valence-electron chi connectivity index (χ4n) is 1.30. The summed E-state index contributed by atoms with van der Waals surface area (Å²) in [5.74, 6) is -1.95. The van der Waals surface area contributed by atoms with Crippen molar-refractivity contribution in [2.45, 2.75) is 19.4 Å². The van der Waals surface area contributed by atoms with E-state index >= 15 is 0 Å². The number of amides is 1. The van der Waals surface area contributed by atoms with E-state index in [1.165, 1.54) is 6.07 Å². The molecule has 0 aromatic heterocycles. The van der Waals surface area contributed by atoms with Crippen molar-refractivity contribution in [2.24, 2.45) is 0 Å². The monoisotopic (exact) mass is 305 g/mol. The standard InChI is InChI=1S/C12H14BrF2NO/c1-8(7-13)16(2)12(17)6-9-3-4-10(14)11(15)5-9/h3-5,8H,6-7H2,1-2H3. The van der Waals surface area contributed by atoms with Crippen LogP contribution in [0.2, 0.25) is 0 Å². The smallest absolute Gasteiger partial charge is 0.227 e. The minimum Gasteiger partial charge on any atom is -0.342 e. The second kappa shape index (κ2) is 6.10. The SMILES string of the molecule is CC(CBr)N(C)C(=O)Cc1ccc(F)c(F)c1. The van der Waals surface area contributed by atoms with E-state index in [-0.39, 0.29) is 18.4 Å². The van der Waals surface area contributed by atoms with Crippen LogP contribution in [0.25, 0.3) is 0 Å². The maximum Gasteiger partial charge on any atom is 0.227 e. The Morgan fingerprint density at radius 1 is 1.41 bits per heavy atom. The van der Waals surface area contributed by atoms with Gasteiger partial charge in [0.15, 0.2) is 11.6 Å². The highest BCUT2D eigenvalue weighted by Crippen LogP contribution is 2.11. The van der Waals surface area contributed by atoms with Gasteiger partial charge in [-0.25, -0.2) is 8.78 Å². The van der Waals surface area contributed by atoms with Crippen molar-refractivity contribution in [1.82, 2.24) is 4.90 Å². The number of hydrogen-bond acceptors (Lipinski definition) is 1. The lowest BCUT2D eigenvalue weighted by Crippen LogP contribution is -2.37. The van der Waals surface area contributed by atoms with Crippen LogP contribution in [0.5, 0.6) is 0 Å². The van der Waals surface area contributed by atoms with Gasteiger partial charge in [0.1, 0.15) is 0 Å². The molecule has 0 saturated heterocycles. The molecule has 0 bridgehead atoms. The summed E-state index contributed by atoms with van der Waals surface area (Å²) in [6.07, 6.45) is 0.0744. The molecule has 1 aromatic rings. The number of halogens is 3. The Balaban J connectivity index is 2.71. The Bertz CT molecular complexity index is 411. The summed E-state index contributed by atoms with van der Waals surface area (Å²) in [6, 6.07) is 3.57. The van der Waals surface area contributed by atoms with Gasteiger partial charge in [0.25, 0.3) is 0 Å². The Morgan fingerprint density at radius 2 is 2.06 bits per heavy atom. The molecule has 17 heavy (non-hydrogen) atoms. The third-order valence-corrected chi connectivity index (χ3v) is 3.55. The minimum atomic E-state index is -0.925. The van der Waals surface area contributed by atoms with Crippen LogP contribution < -0.4 is 0 Å². The van der Waals surface area contributed by atoms with Gasteiger partial charge >= 0.3 is 0 Å². The van der Waals surface area contributed by atoms with E-state index in [0.29, 0.717) is 10.9 Å². The van der Waals surface area contributed by atoms with E-state index in [4.69, 9.17) is 0 Å². The molecule has 1 unspecified atom stereocenters. The van der Waals surface area contributed by atoms with Crippen molar-refractivity contribution in [3.05, 3.63) is 35.4 Å². The molecule has 5 heteroatoms. The average molecular weight is 306 g/mol. The number of nitrogens with zero attached hydrogens (tertiary/aromatic N) is 1. The lowest BCUT2D eigenvalue weighted by Gasteiger charge is -2.23. The molecule has 0 heterocycles. The molecule has 1 amide bonds. The molecular formula is C12H14BrF2NO. The summed E-state index contributed by atoms with van der Waals surface area (Å²) in [5.41, 5.74) is 0.475. The largest absolute Gasteiger partial charge is 0.342 e. The fraction of sp³-hybridized carbons (Fsp3) is 0.417. The van der Waals surface area contributed by atoms with Crippen LogP contribution in [0, 0.1) is 11.6 Å². The third-order valence-electron chi connectivity index (χ3n) is 2.62. The molecule has 0 saturated carbocycles. The zero-order valence-corrected chi connectivity index (χ0v) is 11.3. The van der Waals surface area contributed by atoms with Crippen LogP contribution >= 0.6 is 15.9 Å². The van der Waals surface area contributed by atoms with Crippen LogP contribution in [0.15, 0.2) is 18.2 Å². The Morgan fingerprint density at radius 3 is 2.59 bits per heavy atom. The van der Waals surface area contributed by atoms with Gasteiger partial charge in [-0.15, -0.1) is 0 Å². The molecule has 2 nitrogen and oxygen atoms in total. The van der Waals surface area contributed by atoms with E-state index in [0.717, 1.165) is 12.1 Å². The number of carbonyl (C=O) groups excluding carboxylic acids is 1. The molecule has 94 valence electrons. The number of alkyl halides is 1. The first kappa shape index (κ1) is 14.1. The van der Waals surface area contributed by atoms with Gasteiger partial charge in [-0.05, 0) is 24.6 Å². The van der Waals surface area contributed by atoms with E-state index < -0.39 is 11.6 Å². The maximum absolute atomic E-state index is 12.9. The highest BCUT2D eigenvalue weighted by molar-refractivity contribution is 9.09. The number of rotatable bonds is 4. The second-order valence-corrected chi connectivity index (χ2v) is 4.58. The number of carbonyl (C=O) groups is 1. The van der Waals surface area contributed by atoms with E-state index in [1.54, 1.807) is 11.9 Å². The summed E-state index contributed by atoms with van der Waals surface area (Å²) in [7, 11) is 1.69. The molecule has 1 rings (SSSR count). The van der Waals surface area contributed by atoms with Gasteiger partial charge in [0, 0.05) is 18.4 Å². The number of benzene rings is 1. The van der Waals surface area contributed by atoms with Gasteiger partial charge in [-0.1, -0.05) is 22.0 Å². The topological polar surface area (TPSA) is 20.3 Å². The highest BCUT2D eigenvalue weighted by Gasteiger charge is 2.15. The molecule has 0 fully saturated rings. The summed E-state index contributed by atoms with van der Waals surface area (Å²) in [5, 5.41) is 0.674. The first-order valence-electron chi connectivity index (χ1n) is 5.21. The average Bonchev–Trinajstić information content (AvgIpc) is 2.31. The molecular weight excluding hydrogens is 292 g/mol. The van der Waals surface area contributed by atoms with Crippen LogP contribution in [-0.2, 0) is 11.2 Å². The predicted molar refractivity (Wildman–Crippen MR) is 66.1 cm³/mol. The van der Waals surface area contributed by atoms with Crippen LogP contribution in [0.3, 0.4) is 0 Å². The second-order valence-electron chi connectivity index (χ2n) is 3.93. The van der Waals surface area contributed by atoms with E-state index in [2.05, 4.69) is 15.9 Å². The maximum atomic E-state index is 12.9. The molecule has 0 aliphatic carbocycles. The number of hydrogen-bond donors (Lipinski definition) is 0. The zero-order chi connectivity index (χ0) is 13.0. The first-order chi connectivity index (χ1) is 7.95. The van der Waals surface area contributed by atoms with Crippen molar-refractivity contribution in [2.75, 3.05) is 12.4 Å².